The normalized spacial score (nSPS) is 28.7. The Morgan fingerprint density at radius 3 is 2.47 bits per heavy atom. The molecule has 0 aromatic heterocycles. The van der Waals surface area contributed by atoms with E-state index in [1.54, 1.807) is 0 Å². The SMILES string of the molecule is CC1CCC(C(OCCO)C(=O)O)CC1. The fourth-order valence-electron chi connectivity index (χ4n) is 2.18. The van der Waals surface area contributed by atoms with Gasteiger partial charge in [-0.3, -0.25) is 0 Å². The molecule has 0 spiro atoms. The highest BCUT2D eigenvalue weighted by molar-refractivity contribution is 5.72. The monoisotopic (exact) mass is 216 g/mol. The molecule has 1 saturated carbocycles. The quantitative estimate of drug-likeness (QED) is 0.726. The number of hydrogen-bond donors (Lipinski definition) is 2. The van der Waals surface area contributed by atoms with Crippen molar-refractivity contribution in [2.75, 3.05) is 13.2 Å². The molecule has 0 radical (unpaired) electrons. The fourth-order valence-corrected chi connectivity index (χ4v) is 2.18. The Labute approximate surface area is 90.2 Å². The summed E-state index contributed by atoms with van der Waals surface area (Å²) in [6, 6.07) is 0. The zero-order valence-electron chi connectivity index (χ0n) is 9.19. The third-order valence-corrected chi connectivity index (χ3v) is 3.12. The van der Waals surface area contributed by atoms with Gasteiger partial charge in [-0.15, -0.1) is 0 Å². The van der Waals surface area contributed by atoms with Crippen LogP contribution in [-0.2, 0) is 9.53 Å². The lowest BCUT2D eigenvalue weighted by atomic mass is 9.80. The highest BCUT2D eigenvalue weighted by atomic mass is 16.5. The summed E-state index contributed by atoms with van der Waals surface area (Å²) < 4.78 is 5.18. The van der Waals surface area contributed by atoms with E-state index in [1.165, 1.54) is 0 Å². The zero-order chi connectivity index (χ0) is 11.3. The van der Waals surface area contributed by atoms with E-state index in [4.69, 9.17) is 14.9 Å². The Bertz CT molecular complexity index is 197. The van der Waals surface area contributed by atoms with Gasteiger partial charge in [0.25, 0.3) is 0 Å². The summed E-state index contributed by atoms with van der Waals surface area (Å²) in [5.41, 5.74) is 0. The summed E-state index contributed by atoms with van der Waals surface area (Å²) in [6.45, 7) is 2.19. The maximum atomic E-state index is 11.0. The van der Waals surface area contributed by atoms with Gasteiger partial charge in [-0.05, 0) is 24.7 Å². The van der Waals surface area contributed by atoms with Gasteiger partial charge in [-0.25, -0.2) is 4.79 Å². The Morgan fingerprint density at radius 2 is 2.00 bits per heavy atom. The predicted octanol–water partition coefficient (Wildman–Crippen LogP) is 1.27. The lowest BCUT2D eigenvalue weighted by Crippen LogP contribution is -2.35. The van der Waals surface area contributed by atoms with Gasteiger partial charge < -0.3 is 14.9 Å². The molecule has 0 heterocycles. The van der Waals surface area contributed by atoms with Crippen molar-refractivity contribution >= 4 is 5.97 Å². The van der Waals surface area contributed by atoms with Crippen LogP contribution in [0.5, 0.6) is 0 Å². The van der Waals surface area contributed by atoms with Gasteiger partial charge >= 0.3 is 5.97 Å². The molecular formula is C11H20O4. The van der Waals surface area contributed by atoms with Crippen molar-refractivity contribution in [3.05, 3.63) is 0 Å². The van der Waals surface area contributed by atoms with Crippen molar-refractivity contribution in [1.82, 2.24) is 0 Å². The summed E-state index contributed by atoms with van der Waals surface area (Å²) in [5, 5.41) is 17.6. The van der Waals surface area contributed by atoms with Crippen molar-refractivity contribution in [3.63, 3.8) is 0 Å². The molecule has 0 amide bonds. The Morgan fingerprint density at radius 1 is 1.40 bits per heavy atom. The summed E-state index contributed by atoms with van der Waals surface area (Å²) in [6.07, 6.45) is 3.27. The van der Waals surface area contributed by atoms with Crippen LogP contribution in [0.25, 0.3) is 0 Å². The van der Waals surface area contributed by atoms with Crippen LogP contribution in [0.3, 0.4) is 0 Å². The molecule has 1 atom stereocenters. The Balaban J connectivity index is 2.44. The Kier molecular flexibility index (Phi) is 5.05. The van der Waals surface area contributed by atoms with Crippen LogP contribution < -0.4 is 0 Å². The average molecular weight is 216 g/mol. The Hall–Kier alpha value is -0.610. The number of carbonyl (C=O) groups is 1. The van der Waals surface area contributed by atoms with Gasteiger partial charge in [-0.1, -0.05) is 19.8 Å². The van der Waals surface area contributed by atoms with E-state index in [9.17, 15) is 4.79 Å². The molecule has 0 aliphatic heterocycles. The fraction of sp³-hybridized carbons (Fsp3) is 0.909. The number of hydrogen-bond acceptors (Lipinski definition) is 3. The second kappa shape index (κ2) is 6.08. The lowest BCUT2D eigenvalue weighted by Gasteiger charge is -2.30. The van der Waals surface area contributed by atoms with Gasteiger partial charge in [-0.2, -0.15) is 0 Å². The highest BCUT2D eigenvalue weighted by Gasteiger charge is 2.31. The van der Waals surface area contributed by atoms with Gasteiger partial charge in [0, 0.05) is 0 Å². The van der Waals surface area contributed by atoms with Crippen LogP contribution in [0.2, 0.25) is 0 Å². The molecule has 1 fully saturated rings. The highest BCUT2D eigenvalue weighted by Crippen LogP contribution is 2.31. The number of carboxylic acids is 1. The molecule has 1 unspecified atom stereocenters. The number of carboxylic acid groups (broad SMARTS) is 1. The van der Waals surface area contributed by atoms with E-state index in [1.807, 2.05) is 0 Å². The van der Waals surface area contributed by atoms with E-state index in [0.717, 1.165) is 25.7 Å². The smallest absolute Gasteiger partial charge is 0.333 e. The van der Waals surface area contributed by atoms with Crippen LogP contribution in [0.4, 0.5) is 0 Å². The van der Waals surface area contributed by atoms with Crippen LogP contribution >= 0.6 is 0 Å². The zero-order valence-corrected chi connectivity index (χ0v) is 9.19. The maximum Gasteiger partial charge on any atom is 0.333 e. The molecule has 2 N–H and O–H groups in total. The topological polar surface area (TPSA) is 66.8 Å². The first-order valence-electron chi connectivity index (χ1n) is 5.60. The standard InChI is InChI=1S/C11H20O4/c1-8-2-4-9(5-3-8)10(11(13)14)15-7-6-12/h8-10,12H,2-7H2,1H3,(H,13,14). The summed E-state index contributed by atoms with van der Waals surface area (Å²) in [5.74, 6) is -0.0817. The van der Waals surface area contributed by atoms with E-state index >= 15 is 0 Å². The molecule has 4 nitrogen and oxygen atoms in total. The van der Waals surface area contributed by atoms with Crippen LogP contribution in [0.15, 0.2) is 0 Å². The predicted molar refractivity (Wildman–Crippen MR) is 55.6 cm³/mol. The van der Waals surface area contributed by atoms with Crippen molar-refractivity contribution in [2.24, 2.45) is 11.8 Å². The van der Waals surface area contributed by atoms with Gasteiger partial charge in [0.15, 0.2) is 6.10 Å². The molecular weight excluding hydrogens is 196 g/mol. The maximum absolute atomic E-state index is 11.0. The average Bonchev–Trinajstić information content (AvgIpc) is 2.21. The molecule has 0 aromatic rings. The second-order valence-corrected chi connectivity index (χ2v) is 4.37. The first kappa shape index (κ1) is 12.5. The first-order chi connectivity index (χ1) is 7.15. The van der Waals surface area contributed by atoms with E-state index in [-0.39, 0.29) is 19.1 Å². The molecule has 0 bridgehead atoms. The van der Waals surface area contributed by atoms with E-state index < -0.39 is 12.1 Å². The number of aliphatic hydroxyl groups is 1. The molecule has 88 valence electrons. The summed E-state index contributed by atoms with van der Waals surface area (Å²) >= 11 is 0. The number of rotatable bonds is 5. The summed E-state index contributed by atoms with van der Waals surface area (Å²) in [4.78, 5) is 11.0. The van der Waals surface area contributed by atoms with Crippen molar-refractivity contribution in [2.45, 2.75) is 38.7 Å². The van der Waals surface area contributed by atoms with E-state index in [2.05, 4.69) is 6.92 Å². The third kappa shape index (κ3) is 3.80. The molecule has 4 heteroatoms. The van der Waals surface area contributed by atoms with Crippen molar-refractivity contribution in [3.8, 4) is 0 Å². The molecule has 0 saturated heterocycles. The molecule has 1 aliphatic carbocycles. The second-order valence-electron chi connectivity index (χ2n) is 4.37. The lowest BCUT2D eigenvalue weighted by molar-refractivity contribution is -0.156. The minimum atomic E-state index is -0.900. The van der Waals surface area contributed by atoms with Crippen LogP contribution in [0.1, 0.15) is 32.6 Å². The van der Waals surface area contributed by atoms with Gasteiger partial charge in [0.1, 0.15) is 0 Å². The molecule has 1 rings (SSSR count). The molecule has 1 aliphatic rings. The molecule has 0 aromatic carbocycles. The van der Waals surface area contributed by atoms with Crippen LogP contribution in [0, 0.1) is 11.8 Å². The van der Waals surface area contributed by atoms with Crippen molar-refractivity contribution in [1.29, 1.82) is 0 Å². The molecule has 15 heavy (non-hydrogen) atoms. The van der Waals surface area contributed by atoms with E-state index in [0.29, 0.717) is 5.92 Å². The third-order valence-electron chi connectivity index (χ3n) is 3.12. The number of aliphatic carboxylic acids is 1. The van der Waals surface area contributed by atoms with Crippen LogP contribution in [-0.4, -0.2) is 35.5 Å². The minimum Gasteiger partial charge on any atom is -0.479 e. The minimum absolute atomic E-state index is 0.114. The van der Waals surface area contributed by atoms with Gasteiger partial charge in [0.2, 0.25) is 0 Å². The number of ether oxygens (including phenoxy) is 1. The largest absolute Gasteiger partial charge is 0.479 e. The van der Waals surface area contributed by atoms with Gasteiger partial charge in [0.05, 0.1) is 13.2 Å². The van der Waals surface area contributed by atoms with Crippen molar-refractivity contribution < 1.29 is 19.7 Å². The first-order valence-corrected chi connectivity index (χ1v) is 5.60. The summed E-state index contributed by atoms with van der Waals surface area (Å²) in [7, 11) is 0. The number of aliphatic hydroxyl groups excluding tert-OH is 1.